The highest BCUT2D eigenvalue weighted by molar-refractivity contribution is 7.18. The standard InChI is InChI=1S/C12H23O3P/c1-4-7-9-12(6-3,10-8-5-2)11(13)15-16-14/h4-10H2,1-3H3. The molecule has 0 aliphatic heterocycles. The summed E-state index contributed by atoms with van der Waals surface area (Å²) in [6, 6.07) is 0. The van der Waals surface area contributed by atoms with Crippen LogP contribution < -0.4 is 0 Å². The van der Waals surface area contributed by atoms with Crippen LogP contribution in [0.4, 0.5) is 0 Å². The summed E-state index contributed by atoms with van der Waals surface area (Å²) in [7, 11) is -0.528. The lowest BCUT2D eigenvalue weighted by Gasteiger charge is -2.29. The largest absolute Gasteiger partial charge is 0.398 e. The van der Waals surface area contributed by atoms with Crippen LogP contribution in [-0.4, -0.2) is 5.97 Å². The summed E-state index contributed by atoms with van der Waals surface area (Å²) in [5.41, 5.74) is -0.413. The minimum atomic E-state index is -0.528. The molecule has 0 aromatic rings. The maximum absolute atomic E-state index is 11.9. The van der Waals surface area contributed by atoms with Gasteiger partial charge in [-0.1, -0.05) is 46.5 Å². The average Bonchev–Trinajstić information content (AvgIpc) is 2.30. The number of carbonyl (C=O) groups excluding carboxylic acids is 1. The molecule has 0 radical (unpaired) electrons. The Hall–Kier alpha value is -0.430. The van der Waals surface area contributed by atoms with Crippen molar-refractivity contribution in [1.29, 1.82) is 0 Å². The molecule has 0 spiro atoms. The molecule has 0 rings (SSSR count). The Morgan fingerprint density at radius 2 is 1.62 bits per heavy atom. The molecule has 16 heavy (non-hydrogen) atoms. The van der Waals surface area contributed by atoms with Crippen LogP contribution in [0.3, 0.4) is 0 Å². The second kappa shape index (κ2) is 8.69. The molecule has 0 aliphatic rings. The predicted molar refractivity (Wildman–Crippen MR) is 65.5 cm³/mol. The molecule has 0 unspecified atom stereocenters. The average molecular weight is 246 g/mol. The lowest BCUT2D eigenvalue weighted by Crippen LogP contribution is -2.31. The second-order valence-electron chi connectivity index (χ2n) is 4.29. The Kier molecular flexibility index (Phi) is 8.46. The van der Waals surface area contributed by atoms with Crippen LogP contribution in [0.15, 0.2) is 0 Å². The first kappa shape index (κ1) is 15.6. The van der Waals surface area contributed by atoms with E-state index in [1.807, 2.05) is 6.92 Å². The Balaban J connectivity index is 4.63. The minimum Gasteiger partial charge on any atom is -0.372 e. The first-order valence-electron chi connectivity index (χ1n) is 6.21. The molecule has 0 amide bonds. The molecule has 0 aromatic heterocycles. The molecule has 0 atom stereocenters. The molecular formula is C12H23O3P. The van der Waals surface area contributed by atoms with Crippen LogP contribution in [0, 0.1) is 5.41 Å². The zero-order valence-corrected chi connectivity index (χ0v) is 11.5. The fourth-order valence-electron chi connectivity index (χ4n) is 1.99. The maximum atomic E-state index is 11.9. The lowest BCUT2D eigenvalue weighted by molar-refractivity contribution is -0.146. The Morgan fingerprint density at radius 3 is 1.94 bits per heavy atom. The summed E-state index contributed by atoms with van der Waals surface area (Å²) < 4.78 is 15.0. The van der Waals surface area contributed by atoms with E-state index >= 15 is 0 Å². The van der Waals surface area contributed by atoms with Crippen molar-refractivity contribution in [3.05, 3.63) is 0 Å². The van der Waals surface area contributed by atoms with Crippen LogP contribution in [0.25, 0.3) is 0 Å². The van der Waals surface area contributed by atoms with Crippen molar-refractivity contribution in [1.82, 2.24) is 0 Å². The molecule has 3 nitrogen and oxygen atoms in total. The van der Waals surface area contributed by atoms with Crippen molar-refractivity contribution in [3.8, 4) is 0 Å². The molecule has 0 saturated carbocycles. The topological polar surface area (TPSA) is 43.4 Å². The Bertz CT molecular complexity index is 208. The van der Waals surface area contributed by atoms with E-state index in [0.717, 1.165) is 44.9 Å². The van der Waals surface area contributed by atoms with E-state index in [1.165, 1.54) is 0 Å². The second-order valence-corrected chi connectivity index (χ2v) is 4.63. The van der Waals surface area contributed by atoms with Gasteiger partial charge in [0, 0.05) is 0 Å². The molecular weight excluding hydrogens is 223 g/mol. The Labute approximate surface area is 100 Å². The van der Waals surface area contributed by atoms with Crippen molar-refractivity contribution >= 4 is 14.7 Å². The molecule has 94 valence electrons. The SMILES string of the molecule is CCCCC(CC)(CCCC)C(=O)OP=O. The van der Waals surface area contributed by atoms with Crippen LogP contribution in [-0.2, 0) is 13.9 Å². The van der Waals surface area contributed by atoms with Gasteiger partial charge in [-0.25, -0.2) is 4.57 Å². The third-order valence-electron chi connectivity index (χ3n) is 3.25. The van der Waals surface area contributed by atoms with Crippen LogP contribution in [0.1, 0.15) is 65.7 Å². The van der Waals surface area contributed by atoms with E-state index in [4.69, 9.17) is 0 Å². The number of rotatable bonds is 9. The van der Waals surface area contributed by atoms with Crippen molar-refractivity contribution < 1.29 is 13.9 Å². The third-order valence-corrected chi connectivity index (χ3v) is 3.49. The van der Waals surface area contributed by atoms with Gasteiger partial charge in [-0.3, -0.25) is 4.79 Å². The van der Waals surface area contributed by atoms with Gasteiger partial charge in [0.2, 0.25) is 0 Å². The van der Waals surface area contributed by atoms with Gasteiger partial charge in [-0.05, 0) is 19.3 Å². The summed E-state index contributed by atoms with van der Waals surface area (Å²) >= 11 is 0. The van der Waals surface area contributed by atoms with Crippen molar-refractivity contribution in [2.45, 2.75) is 65.7 Å². The first-order chi connectivity index (χ1) is 7.66. The molecule has 0 bridgehead atoms. The Morgan fingerprint density at radius 1 is 1.12 bits per heavy atom. The van der Waals surface area contributed by atoms with E-state index in [9.17, 15) is 9.36 Å². The fraction of sp³-hybridized carbons (Fsp3) is 0.917. The zero-order valence-electron chi connectivity index (χ0n) is 10.6. The van der Waals surface area contributed by atoms with Crippen molar-refractivity contribution in [3.63, 3.8) is 0 Å². The van der Waals surface area contributed by atoms with Gasteiger partial charge in [-0.2, -0.15) is 0 Å². The van der Waals surface area contributed by atoms with Gasteiger partial charge in [0.05, 0.1) is 5.41 Å². The quantitative estimate of drug-likeness (QED) is 0.562. The van der Waals surface area contributed by atoms with E-state index < -0.39 is 14.1 Å². The number of unbranched alkanes of at least 4 members (excludes halogenated alkanes) is 2. The minimum absolute atomic E-state index is 0.298. The highest BCUT2D eigenvalue weighted by Gasteiger charge is 2.37. The summed E-state index contributed by atoms with van der Waals surface area (Å²) in [6.07, 6.45) is 6.61. The van der Waals surface area contributed by atoms with Gasteiger partial charge in [0.25, 0.3) is 0 Å². The van der Waals surface area contributed by atoms with Gasteiger partial charge < -0.3 is 4.52 Å². The smallest absolute Gasteiger partial charge is 0.372 e. The van der Waals surface area contributed by atoms with E-state index in [2.05, 4.69) is 18.4 Å². The van der Waals surface area contributed by atoms with Gasteiger partial charge in [-0.15, -0.1) is 0 Å². The lowest BCUT2D eigenvalue weighted by atomic mass is 9.76. The van der Waals surface area contributed by atoms with Gasteiger partial charge >= 0.3 is 14.7 Å². The number of carbonyl (C=O) groups is 1. The van der Waals surface area contributed by atoms with E-state index in [1.54, 1.807) is 0 Å². The van der Waals surface area contributed by atoms with Gasteiger partial charge in [0.15, 0.2) is 0 Å². The van der Waals surface area contributed by atoms with Crippen molar-refractivity contribution in [2.75, 3.05) is 0 Å². The van der Waals surface area contributed by atoms with Gasteiger partial charge in [0.1, 0.15) is 0 Å². The number of hydrogen-bond acceptors (Lipinski definition) is 3. The van der Waals surface area contributed by atoms with E-state index in [0.29, 0.717) is 0 Å². The normalized spacial score (nSPS) is 11.7. The molecule has 0 fully saturated rings. The van der Waals surface area contributed by atoms with Crippen LogP contribution in [0.2, 0.25) is 0 Å². The van der Waals surface area contributed by atoms with E-state index in [-0.39, 0.29) is 5.97 Å². The highest BCUT2D eigenvalue weighted by atomic mass is 31.1. The first-order valence-corrected chi connectivity index (χ1v) is 6.94. The van der Waals surface area contributed by atoms with Crippen LogP contribution >= 0.6 is 8.69 Å². The summed E-state index contributed by atoms with van der Waals surface area (Å²) in [6.45, 7) is 6.23. The molecule has 0 aromatic carbocycles. The number of hydrogen-bond donors (Lipinski definition) is 0. The summed E-state index contributed by atoms with van der Waals surface area (Å²) in [5.74, 6) is -0.298. The molecule has 0 saturated heterocycles. The molecule has 0 heterocycles. The van der Waals surface area contributed by atoms with Crippen molar-refractivity contribution in [2.24, 2.45) is 5.41 Å². The summed E-state index contributed by atoms with van der Waals surface area (Å²) in [5, 5.41) is 0. The monoisotopic (exact) mass is 246 g/mol. The van der Waals surface area contributed by atoms with Crippen LogP contribution in [0.5, 0.6) is 0 Å². The third kappa shape index (κ3) is 4.61. The molecule has 0 N–H and O–H groups in total. The maximum Gasteiger partial charge on any atom is 0.398 e. The zero-order chi connectivity index (χ0) is 12.4. The predicted octanol–water partition coefficient (Wildman–Crippen LogP) is 4.51. The molecule has 0 aliphatic carbocycles. The highest BCUT2D eigenvalue weighted by Crippen LogP contribution is 2.37. The molecule has 4 heteroatoms. The summed E-state index contributed by atoms with van der Waals surface area (Å²) in [4.78, 5) is 11.9. The fourth-order valence-corrected chi connectivity index (χ4v) is 2.25.